The molecule has 0 aliphatic heterocycles. The van der Waals surface area contributed by atoms with E-state index in [1.165, 1.54) is 0 Å². The number of benzene rings is 2. The Morgan fingerprint density at radius 3 is 2.15 bits per heavy atom. The molecule has 2 aromatic rings. The van der Waals surface area contributed by atoms with Gasteiger partial charge in [0.25, 0.3) is 0 Å². The van der Waals surface area contributed by atoms with Gasteiger partial charge >= 0.3 is 12.1 Å². The van der Waals surface area contributed by atoms with Crippen LogP contribution in [0.2, 0.25) is 0 Å². The summed E-state index contributed by atoms with van der Waals surface area (Å²) < 4.78 is 10.5. The highest BCUT2D eigenvalue weighted by atomic mass is 16.6. The summed E-state index contributed by atoms with van der Waals surface area (Å²) in [5.41, 5.74) is 1.82. The highest BCUT2D eigenvalue weighted by Crippen LogP contribution is 2.07. The van der Waals surface area contributed by atoms with Gasteiger partial charge in [-0.15, -0.1) is 0 Å². The van der Waals surface area contributed by atoms with E-state index in [0.29, 0.717) is 13.0 Å². The zero-order valence-corrected chi connectivity index (χ0v) is 15.0. The van der Waals surface area contributed by atoms with Crippen molar-refractivity contribution in [1.82, 2.24) is 5.32 Å². The summed E-state index contributed by atoms with van der Waals surface area (Å²) in [5.74, 6) is -0.445. The van der Waals surface area contributed by atoms with Gasteiger partial charge in [-0.3, -0.25) is 0 Å². The molecular formula is C21H25NO4. The summed E-state index contributed by atoms with van der Waals surface area (Å²) in [6.07, 6.45) is 1.44. The topological polar surface area (TPSA) is 64.6 Å². The van der Waals surface area contributed by atoms with Crippen LogP contribution in [0.1, 0.15) is 30.9 Å². The van der Waals surface area contributed by atoms with Gasteiger partial charge in [-0.2, -0.15) is 0 Å². The molecule has 0 radical (unpaired) electrons. The van der Waals surface area contributed by atoms with Crippen molar-refractivity contribution in [2.24, 2.45) is 0 Å². The van der Waals surface area contributed by atoms with Crippen molar-refractivity contribution in [2.75, 3.05) is 6.61 Å². The van der Waals surface area contributed by atoms with Crippen LogP contribution in [-0.2, 0) is 27.3 Å². The van der Waals surface area contributed by atoms with Crippen molar-refractivity contribution in [2.45, 2.75) is 38.8 Å². The zero-order chi connectivity index (χ0) is 18.6. The molecule has 0 heterocycles. The summed E-state index contributed by atoms with van der Waals surface area (Å²) in [5, 5.41) is 2.63. The smallest absolute Gasteiger partial charge is 0.408 e. The molecule has 0 aliphatic carbocycles. The highest BCUT2D eigenvalue weighted by molar-refractivity contribution is 5.81. The van der Waals surface area contributed by atoms with Gasteiger partial charge in [-0.25, -0.2) is 9.59 Å². The van der Waals surface area contributed by atoms with Crippen molar-refractivity contribution in [3.05, 3.63) is 71.8 Å². The molecule has 0 aliphatic rings. The third-order valence-corrected chi connectivity index (χ3v) is 3.81. The van der Waals surface area contributed by atoms with Crippen molar-refractivity contribution in [3.8, 4) is 0 Å². The van der Waals surface area contributed by atoms with Crippen molar-refractivity contribution < 1.29 is 19.1 Å². The van der Waals surface area contributed by atoms with E-state index in [-0.39, 0.29) is 6.61 Å². The van der Waals surface area contributed by atoms with Crippen molar-refractivity contribution >= 4 is 12.1 Å². The van der Waals surface area contributed by atoms with Crippen molar-refractivity contribution in [3.63, 3.8) is 0 Å². The second-order valence-electron chi connectivity index (χ2n) is 5.97. The maximum Gasteiger partial charge on any atom is 0.408 e. The molecule has 1 N–H and O–H groups in total. The molecule has 5 nitrogen and oxygen atoms in total. The molecule has 0 fully saturated rings. The third-order valence-electron chi connectivity index (χ3n) is 3.81. The molecule has 2 aromatic carbocycles. The fourth-order valence-corrected chi connectivity index (χ4v) is 2.37. The van der Waals surface area contributed by atoms with Crippen LogP contribution in [0, 0.1) is 0 Å². The number of ether oxygens (including phenoxy) is 2. The molecule has 138 valence electrons. The first-order valence-electron chi connectivity index (χ1n) is 8.87. The van der Waals surface area contributed by atoms with Gasteiger partial charge < -0.3 is 14.8 Å². The van der Waals surface area contributed by atoms with Gasteiger partial charge in [0.2, 0.25) is 0 Å². The number of carbonyl (C=O) groups excluding carboxylic acids is 2. The minimum absolute atomic E-state index is 0.148. The molecule has 0 aromatic heterocycles. The quantitative estimate of drug-likeness (QED) is 0.548. The summed E-state index contributed by atoms with van der Waals surface area (Å²) in [6.45, 7) is 2.52. The van der Waals surface area contributed by atoms with Gasteiger partial charge in [-0.1, -0.05) is 74.0 Å². The summed E-state index contributed by atoms with van der Waals surface area (Å²) in [4.78, 5) is 24.4. The second-order valence-corrected chi connectivity index (χ2v) is 5.97. The predicted octanol–water partition coefficient (Wildman–Crippen LogP) is 3.87. The standard InChI is InChI=1S/C21H25NO4/c1-2-3-14-25-20(23)19(15-17-10-6-4-7-11-17)22-21(24)26-16-18-12-8-5-9-13-18/h4-13,19H,2-3,14-16H2,1H3,(H,22,24)/t19-/m0/s1. The SMILES string of the molecule is CCCCOC(=O)[C@H](Cc1ccccc1)NC(=O)OCc1ccccc1. The number of esters is 1. The molecule has 2 rings (SSSR count). The van der Waals surface area contributed by atoms with Gasteiger partial charge in [0.15, 0.2) is 0 Å². The number of hydrogen-bond acceptors (Lipinski definition) is 4. The molecule has 0 spiro atoms. The first kappa shape index (κ1) is 19.5. The van der Waals surface area contributed by atoms with E-state index in [0.717, 1.165) is 24.0 Å². The molecule has 0 bridgehead atoms. The Hall–Kier alpha value is -2.82. The maximum absolute atomic E-state index is 12.3. The average molecular weight is 355 g/mol. The summed E-state index contributed by atoms with van der Waals surface area (Å²) >= 11 is 0. The normalized spacial score (nSPS) is 11.4. The molecule has 1 amide bonds. The highest BCUT2D eigenvalue weighted by Gasteiger charge is 2.23. The Morgan fingerprint density at radius 2 is 1.54 bits per heavy atom. The van der Waals surface area contributed by atoms with E-state index in [2.05, 4.69) is 5.32 Å². The van der Waals surface area contributed by atoms with Gasteiger partial charge in [0, 0.05) is 6.42 Å². The Labute approximate surface area is 154 Å². The van der Waals surface area contributed by atoms with Crippen LogP contribution in [-0.4, -0.2) is 24.7 Å². The van der Waals surface area contributed by atoms with Crippen LogP contribution in [0.4, 0.5) is 4.79 Å². The number of carbonyl (C=O) groups is 2. The van der Waals surface area contributed by atoms with Gasteiger partial charge in [0.05, 0.1) is 6.61 Å². The summed E-state index contributed by atoms with van der Waals surface area (Å²) in [6, 6.07) is 18.1. The fraction of sp³-hybridized carbons (Fsp3) is 0.333. The molecule has 5 heteroatoms. The molecular weight excluding hydrogens is 330 g/mol. The summed E-state index contributed by atoms with van der Waals surface area (Å²) in [7, 11) is 0. The lowest BCUT2D eigenvalue weighted by molar-refractivity contribution is -0.146. The number of alkyl carbamates (subject to hydrolysis) is 1. The third kappa shape index (κ3) is 6.97. The van der Waals surface area contributed by atoms with E-state index < -0.39 is 18.1 Å². The first-order valence-corrected chi connectivity index (χ1v) is 8.87. The van der Waals surface area contributed by atoms with Crippen LogP contribution < -0.4 is 5.32 Å². The van der Waals surface area contributed by atoms with Crippen LogP contribution in [0.5, 0.6) is 0 Å². The minimum atomic E-state index is -0.780. The molecule has 26 heavy (non-hydrogen) atoms. The Morgan fingerprint density at radius 1 is 0.923 bits per heavy atom. The van der Waals surface area contributed by atoms with Crippen LogP contribution in [0.25, 0.3) is 0 Å². The lowest BCUT2D eigenvalue weighted by Gasteiger charge is -2.18. The van der Waals surface area contributed by atoms with E-state index in [1.807, 2.05) is 67.6 Å². The zero-order valence-electron chi connectivity index (χ0n) is 15.0. The van der Waals surface area contributed by atoms with Crippen LogP contribution in [0.3, 0.4) is 0 Å². The van der Waals surface area contributed by atoms with Crippen LogP contribution >= 0.6 is 0 Å². The number of unbranched alkanes of at least 4 members (excludes halogenated alkanes) is 1. The van der Waals surface area contributed by atoms with E-state index >= 15 is 0 Å². The fourth-order valence-electron chi connectivity index (χ4n) is 2.37. The lowest BCUT2D eigenvalue weighted by Crippen LogP contribution is -2.43. The van der Waals surface area contributed by atoms with E-state index in [9.17, 15) is 9.59 Å². The monoisotopic (exact) mass is 355 g/mol. The van der Waals surface area contributed by atoms with Crippen LogP contribution in [0.15, 0.2) is 60.7 Å². The van der Waals surface area contributed by atoms with E-state index in [4.69, 9.17) is 9.47 Å². The Kier molecular flexibility index (Phi) is 8.19. The molecule has 1 atom stereocenters. The Balaban J connectivity index is 1.93. The number of nitrogens with one attached hydrogen (secondary N) is 1. The molecule has 0 saturated heterocycles. The largest absolute Gasteiger partial charge is 0.464 e. The van der Waals surface area contributed by atoms with Gasteiger partial charge in [-0.05, 0) is 17.5 Å². The number of hydrogen-bond donors (Lipinski definition) is 1. The first-order chi connectivity index (χ1) is 12.7. The molecule has 0 saturated carbocycles. The minimum Gasteiger partial charge on any atom is -0.464 e. The average Bonchev–Trinajstić information content (AvgIpc) is 2.67. The van der Waals surface area contributed by atoms with E-state index in [1.54, 1.807) is 0 Å². The maximum atomic E-state index is 12.3. The lowest BCUT2D eigenvalue weighted by atomic mass is 10.1. The second kappa shape index (κ2) is 10.9. The number of amides is 1. The molecule has 0 unspecified atom stereocenters. The predicted molar refractivity (Wildman–Crippen MR) is 99.6 cm³/mol. The number of rotatable bonds is 9. The van der Waals surface area contributed by atoms with Crippen molar-refractivity contribution in [1.29, 1.82) is 0 Å². The van der Waals surface area contributed by atoms with Gasteiger partial charge in [0.1, 0.15) is 12.6 Å². The Bertz CT molecular complexity index is 673.